The third-order valence-electron chi connectivity index (χ3n) is 10.3. The van der Waals surface area contributed by atoms with Gasteiger partial charge in [0, 0.05) is 19.3 Å². The predicted octanol–water partition coefficient (Wildman–Crippen LogP) is 16.8. The van der Waals surface area contributed by atoms with Crippen LogP contribution in [0.1, 0.15) is 213 Å². The fraction of sp³-hybridized carbons (Fsp3) is 0.632. The standard InChI is InChI=1S/C57H92O6/c1-4-7-10-13-16-19-22-24-26-28-30-32-35-38-41-44-47-50-56(59)62-53-54(52-61-55(58)49-46-43-40-37-34-21-18-15-12-9-6-3)63-57(60)51-48-45-42-39-36-33-31-29-27-25-23-20-17-14-11-8-5-2/h7,10,15-21,24-27,30,32,34,38,41,54H,4-6,8-9,11-14,22-23,28-29,31,33,35-37,39-40,42-53H2,1-3H3/b10-7-,18-15-,19-16-,20-17-,26-24-,27-25-,32-30-,34-21-,41-38-. The average molecular weight is 873 g/mol. The maximum absolute atomic E-state index is 12.8. The zero-order chi connectivity index (χ0) is 45.8. The van der Waals surface area contributed by atoms with Crippen LogP contribution in [0, 0.1) is 0 Å². The molecule has 0 aliphatic carbocycles. The summed E-state index contributed by atoms with van der Waals surface area (Å²) >= 11 is 0. The summed E-state index contributed by atoms with van der Waals surface area (Å²) in [5, 5.41) is 0. The number of esters is 3. The largest absolute Gasteiger partial charge is 0.462 e. The molecule has 0 N–H and O–H groups in total. The van der Waals surface area contributed by atoms with Crippen LogP contribution in [0.5, 0.6) is 0 Å². The monoisotopic (exact) mass is 873 g/mol. The van der Waals surface area contributed by atoms with Gasteiger partial charge in [-0.3, -0.25) is 14.4 Å². The van der Waals surface area contributed by atoms with E-state index in [0.29, 0.717) is 19.3 Å². The van der Waals surface area contributed by atoms with Gasteiger partial charge < -0.3 is 14.2 Å². The molecule has 0 aliphatic rings. The second kappa shape index (κ2) is 50.7. The second-order valence-corrected chi connectivity index (χ2v) is 16.4. The lowest BCUT2D eigenvalue weighted by Gasteiger charge is -2.18. The van der Waals surface area contributed by atoms with Crippen molar-refractivity contribution < 1.29 is 28.6 Å². The molecule has 63 heavy (non-hydrogen) atoms. The van der Waals surface area contributed by atoms with Crippen LogP contribution in [0.2, 0.25) is 0 Å². The predicted molar refractivity (Wildman–Crippen MR) is 270 cm³/mol. The zero-order valence-electron chi connectivity index (χ0n) is 40.5. The van der Waals surface area contributed by atoms with Gasteiger partial charge in [0.1, 0.15) is 13.2 Å². The van der Waals surface area contributed by atoms with E-state index in [1.54, 1.807) is 0 Å². The van der Waals surface area contributed by atoms with Crippen molar-refractivity contribution in [2.75, 3.05) is 13.2 Å². The Morgan fingerprint density at radius 2 is 0.698 bits per heavy atom. The van der Waals surface area contributed by atoms with Crippen LogP contribution in [0.3, 0.4) is 0 Å². The van der Waals surface area contributed by atoms with Crippen molar-refractivity contribution in [3.8, 4) is 0 Å². The maximum Gasteiger partial charge on any atom is 0.306 e. The van der Waals surface area contributed by atoms with Gasteiger partial charge in [-0.15, -0.1) is 0 Å². The highest BCUT2D eigenvalue weighted by molar-refractivity contribution is 5.71. The van der Waals surface area contributed by atoms with Crippen molar-refractivity contribution >= 4 is 17.9 Å². The van der Waals surface area contributed by atoms with Crippen LogP contribution in [-0.4, -0.2) is 37.2 Å². The van der Waals surface area contributed by atoms with Gasteiger partial charge in [-0.05, 0) is 109 Å². The van der Waals surface area contributed by atoms with E-state index in [-0.39, 0.29) is 37.5 Å². The molecule has 0 bridgehead atoms. The van der Waals surface area contributed by atoms with Crippen LogP contribution >= 0.6 is 0 Å². The third kappa shape index (κ3) is 49.0. The molecule has 0 saturated heterocycles. The highest BCUT2D eigenvalue weighted by Gasteiger charge is 2.19. The Morgan fingerprint density at radius 1 is 0.349 bits per heavy atom. The highest BCUT2D eigenvalue weighted by atomic mass is 16.6. The molecule has 1 unspecified atom stereocenters. The summed E-state index contributed by atoms with van der Waals surface area (Å²) in [5.74, 6) is -1.02. The fourth-order valence-electron chi connectivity index (χ4n) is 6.42. The summed E-state index contributed by atoms with van der Waals surface area (Å²) in [7, 11) is 0. The van der Waals surface area contributed by atoms with Crippen molar-refractivity contribution in [3.63, 3.8) is 0 Å². The summed E-state index contributed by atoms with van der Waals surface area (Å²) in [5.41, 5.74) is 0. The van der Waals surface area contributed by atoms with Gasteiger partial charge in [0.25, 0.3) is 0 Å². The average Bonchev–Trinajstić information content (AvgIpc) is 3.28. The van der Waals surface area contributed by atoms with Crippen molar-refractivity contribution in [2.24, 2.45) is 0 Å². The molecule has 0 spiro atoms. The Hall–Kier alpha value is -3.93. The first-order valence-corrected chi connectivity index (χ1v) is 25.4. The summed E-state index contributed by atoms with van der Waals surface area (Å²) in [6.45, 7) is 6.35. The lowest BCUT2D eigenvalue weighted by molar-refractivity contribution is -0.167. The smallest absolute Gasteiger partial charge is 0.306 e. The van der Waals surface area contributed by atoms with Gasteiger partial charge in [0.15, 0.2) is 6.10 Å². The summed E-state index contributed by atoms with van der Waals surface area (Å²) < 4.78 is 16.7. The molecule has 0 aliphatic heterocycles. The highest BCUT2D eigenvalue weighted by Crippen LogP contribution is 2.13. The molecule has 6 nitrogen and oxygen atoms in total. The van der Waals surface area contributed by atoms with E-state index in [2.05, 4.69) is 130 Å². The van der Waals surface area contributed by atoms with E-state index < -0.39 is 6.10 Å². The number of unbranched alkanes of at least 4 members (excludes halogenated alkanes) is 16. The van der Waals surface area contributed by atoms with Gasteiger partial charge in [0.05, 0.1) is 0 Å². The minimum atomic E-state index is -0.817. The second-order valence-electron chi connectivity index (χ2n) is 16.4. The van der Waals surface area contributed by atoms with Crippen LogP contribution < -0.4 is 0 Å². The van der Waals surface area contributed by atoms with E-state index in [1.165, 1.54) is 64.2 Å². The van der Waals surface area contributed by atoms with Crippen LogP contribution in [0.4, 0.5) is 0 Å². The molecule has 0 amide bonds. The number of ether oxygens (including phenoxy) is 3. The van der Waals surface area contributed by atoms with Gasteiger partial charge in [-0.25, -0.2) is 0 Å². The maximum atomic E-state index is 12.8. The molecule has 6 heteroatoms. The number of carbonyl (C=O) groups is 3. The van der Waals surface area contributed by atoms with Crippen LogP contribution in [-0.2, 0) is 28.6 Å². The number of carbonyl (C=O) groups excluding carboxylic acids is 3. The van der Waals surface area contributed by atoms with Crippen molar-refractivity contribution in [2.45, 2.75) is 219 Å². The van der Waals surface area contributed by atoms with Crippen molar-refractivity contribution in [3.05, 3.63) is 109 Å². The first-order valence-electron chi connectivity index (χ1n) is 25.4. The molecule has 0 saturated carbocycles. The van der Waals surface area contributed by atoms with Gasteiger partial charge in [-0.2, -0.15) is 0 Å². The third-order valence-corrected chi connectivity index (χ3v) is 10.3. The zero-order valence-corrected chi connectivity index (χ0v) is 40.5. The van der Waals surface area contributed by atoms with Crippen molar-refractivity contribution in [1.29, 1.82) is 0 Å². The number of allylic oxidation sites excluding steroid dienone is 18. The molecule has 0 fully saturated rings. The van der Waals surface area contributed by atoms with E-state index in [9.17, 15) is 14.4 Å². The molecule has 356 valence electrons. The molecule has 0 aromatic carbocycles. The molecule has 1 atom stereocenters. The SMILES string of the molecule is CC/C=C\C/C=C\C/C=C\C/C=C\C/C=C\CCCC(=O)OCC(COC(=O)CCCCC/C=C\C=C/CCCC)OC(=O)CCCCCCCCC/C=C\C/C=C\CCCCC. The summed E-state index contributed by atoms with van der Waals surface area (Å²) in [4.78, 5) is 37.9. The molecule has 0 heterocycles. The van der Waals surface area contributed by atoms with E-state index in [0.717, 1.165) is 103 Å². The molecule has 0 aromatic rings. The van der Waals surface area contributed by atoms with E-state index in [1.807, 2.05) is 0 Å². The quantitative estimate of drug-likeness (QED) is 0.0199. The van der Waals surface area contributed by atoms with E-state index in [4.69, 9.17) is 14.2 Å². The fourth-order valence-corrected chi connectivity index (χ4v) is 6.42. The minimum absolute atomic E-state index is 0.115. The number of hydrogen-bond donors (Lipinski definition) is 0. The lowest BCUT2D eigenvalue weighted by atomic mass is 10.1. The molecular weight excluding hydrogens is 781 g/mol. The summed E-state index contributed by atoms with van der Waals surface area (Å²) in [6.07, 6.45) is 67.9. The van der Waals surface area contributed by atoms with Gasteiger partial charge in [0.2, 0.25) is 0 Å². The Labute approximate surface area is 387 Å². The normalized spacial score (nSPS) is 13.0. The Morgan fingerprint density at radius 3 is 1.19 bits per heavy atom. The minimum Gasteiger partial charge on any atom is -0.462 e. The molecule has 0 aromatic heterocycles. The molecular formula is C57H92O6. The van der Waals surface area contributed by atoms with E-state index >= 15 is 0 Å². The van der Waals surface area contributed by atoms with Gasteiger partial charge in [-0.1, -0.05) is 194 Å². The Bertz CT molecular complexity index is 1330. The van der Waals surface area contributed by atoms with Crippen LogP contribution in [0.25, 0.3) is 0 Å². The lowest BCUT2D eigenvalue weighted by Crippen LogP contribution is -2.30. The van der Waals surface area contributed by atoms with Crippen molar-refractivity contribution in [1.82, 2.24) is 0 Å². The first kappa shape index (κ1) is 59.1. The topological polar surface area (TPSA) is 78.9 Å². The molecule has 0 radical (unpaired) electrons. The first-order chi connectivity index (χ1) is 31.0. The van der Waals surface area contributed by atoms with Crippen LogP contribution in [0.15, 0.2) is 109 Å². The Balaban J connectivity index is 4.52. The summed E-state index contributed by atoms with van der Waals surface area (Å²) in [6, 6.07) is 0. The Kier molecular flexibility index (Phi) is 47.5. The molecule has 0 rings (SSSR count). The number of rotatable bonds is 44. The van der Waals surface area contributed by atoms with Gasteiger partial charge >= 0.3 is 17.9 Å². The number of hydrogen-bond acceptors (Lipinski definition) is 6.